The van der Waals surface area contributed by atoms with Crippen molar-refractivity contribution in [3.05, 3.63) is 46.5 Å². The van der Waals surface area contributed by atoms with E-state index in [0.29, 0.717) is 41.7 Å². The van der Waals surface area contributed by atoms with E-state index in [9.17, 15) is 9.59 Å². The van der Waals surface area contributed by atoms with E-state index in [1.807, 2.05) is 12.3 Å². The number of aromatic nitrogens is 4. The highest BCUT2D eigenvalue weighted by molar-refractivity contribution is 6.00. The van der Waals surface area contributed by atoms with Crippen molar-refractivity contribution in [3.63, 3.8) is 0 Å². The highest BCUT2D eigenvalue weighted by Crippen LogP contribution is 2.24. The van der Waals surface area contributed by atoms with Gasteiger partial charge in [-0.1, -0.05) is 0 Å². The van der Waals surface area contributed by atoms with Crippen LogP contribution < -0.4 is 21.5 Å². The number of ether oxygens (including phenoxy) is 2. The van der Waals surface area contributed by atoms with Crippen LogP contribution in [0.15, 0.2) is 35.4 Å². The van der Waals surface area contributed by atoms with Crippen LogP contribution in [-0.2, 0) is 9.47 Å². The average Bonchev–Trinajstić information content (AvgIpc) is 3.34. The van der Waals surface area contributed by atoms with Gasteiger partial charge in [-0.05, 0) is 50.7 Å². The summed E-state index contributed by atoms with van der Waals surface area (Å²) in [6.45, 7) is 1.30. The maximum absolute atomic E-state index is 13.2. The molecule has 0 aromatic carbocycles. The summed E-state index contributed by atoms with van der Waals surface area (Å²) in [7, 11) is 3.48. The minimum absolute atomic E-state index is 0.0456. The third-order valence-electron chi connectivity index (χ3n) is 7.09. The quantitative estimate of drug-likeness (QED) is 0.457. The third kappa shape index (κ3) is 4.93. The van der Waals surface area contributed by atoms with Crippen LogP contribution in [0.5, 0.6) is 0 Å². The largest absolute Gasteiger partial charge is 0.381 e. The summed E-state index contributed by atoms with van der Waals surface area (Å²) in [6, 6.07) is 5.51. The number of fused-ring (bicyclic) bond motifs is 1. The minimum Gasteiger partial charge on any atom is -0.381 e. The summed E-state index contributed by atoms with van der Waals surface area (Å²) in [5, 5.41) is 13.8. The van der Waals surface area contributed by atoms with Crippen LogP contribution in [0.25, 0.3) is 5.65 Å². The van der Waals surface area contributed by atoms with Gasteiger partial charge in [-0.25, -0.2) is 4.98 Å². The lowest BCUT2D eigenvalue weighted by molar-refractivity contribution is 0.0563. The molecular formula is C25H33N7O4. The fourth-order valence-corrected chi connectivity index (χ4v) is 5.11. The molecule has 5 rings (SSSR count). The van der Waals surface area contributed by atoms with E-state index >= 15 is 0 Å². The number of carbonyl (C=O) groups is 1. The second-order valence-electron chi connectivity index (χ2n) is 9.37. The molecule has 1 amide bonds. The van der Waals surface area contributed by atoms with Gasteiger partial charge < -0.3 is 30.0 Å². The number of carbonyl (C=O) groups excluding carboxylic acids is 1. The molecule has 4 heterocycles. The molecule has 1 saturated carbocycles. The first-order chi connectivity index (χ1) is 17.6. The van der Waals surface area contributed by atoms with Crippen LogP contribution in [0.4, 0.5) is 17.3 Å². The van der Waals surface area contributed by atoms with Gasteiger partial charge in [0.15, 0.2) is 5.65 Å². The molecule has 0 radical (unpaired) electrons. The average molecular weight is 496 g/mol. The summed E-state index contributed by atoms with van der Waals surface area (Å²) in [5.74, 6) is 0.861. The predicted octanol–water partition coefficient (Wildman–Crippen LogP) is 2.72. The van der Waals surface area contributed by atoms with Gasteiger partial charge in [0.1, 0.15) is 22.9 Å². The summed E-state index contributed by atoms with van der Waals surface area (Å²) in [5.41, 5.74) is 1.08. The van der Waals surface area contributed by atoms with Gasteiger partial charge in [0, 0.05) is 51.7 Å². The van der Waals surface area contributed by atoms with E-state index in [-0.39, 0.29) is 29.7 Å². The van der Waals surface area contributed by atoms with Crippen molar-refractivity contribution in [1.82, 2.24) is 24.5 Å². The molecule has 0 unspecified atom stereocenters. The van der Waals surface area contributed by atoms with E-state index in [0.717, 1.165) is 38.5 Å². The second kappa shape index (κ2) is 10.7. The van der Waals surface area contributed by atoms with E-state index in [2.05, 4.69) is 26.0 Å². The molecule has 2 fully saturated rings. The Bertz CT molecular complexity index is 1280. The molecule has 2 atom stereocenters. The second-order valence-corrected chi connectivity index (χ2v) is 9.37. The Balaban J connectivity index is 1.42. The summed E-state index contributed by atoms with van der Waals surface area (Å²) >= 11 is 0. The fourth-order valence-electron chi connectivity index (χ4n) is 5.11. The zero-order chi connectivity index (χ0) is 25.1. The standard InChI is InChI=1S/C25H33N7O4/c1-26-22-14-21(29-20-7-4-10-31(25(20)34)17-8-11-36-12-9-17)30-23-19(15-27-32(22)23)24(33)28-16-5-3-6-18(13-16)35-2/h4,7,10,14-18,26H,3,5-6,8-9,11-13H2,1-2H3,(H,28,33)(H,29,30)/t16-,18-/m0/s1. The summed E-state index contributed by atoms with van der Waals surface area (Å²) < 4.78 is 14.3. The third-order valence-corrected chi connectivity index (χ3v) is 7.09. The number of methoxy groups -OCH3 is 1. The molecular weight excluding hydrogens is 462 g/mol. The lowest BCUT2D eigenvalue weighted by atomic mass is 9.92. The lowest BCUT2D eigenvalue weighted by Crippen LogP contribution is -2.40. The highest BCUT2D eigenvalue weighted by Gasteiger charge is 2.25. The molecule has 0 bridgehead atoms. The first-order valence-electron chi connectivity index (χ1n) is 12.5. The Morgan fingerprint density at radius 3 is 2.83 bits per heavy atom. The minimum atomic E-state index is -0.222. The van der Waals surface area contributed by atoms with Gasteiger partial charge in [-0.2, -0.15) is 9.61 Å². The van der Waals surface area contributed by atoms with Crippen LogP contribution in [0.2, 0.25) is 0 Å². The number of anilines is 3. The zero-order valence-electron chi connectivity index (χ0n) is 20.7. The van der Waals surface area contributed by atoms with E-state index < -0.39 is 0 Å². The maximum atomic E-state index is 13.2. The molecule has 1 aliphatic heterocycles. The smallest absolute Gasteiger partial charge is 0.274 e. The van der Waals surface area contributed by atoms with E-state index in [4.69, 9.17) is 9.47 Å². The summed E-state index contributed by atoms with van der Waals surface area (Å²) in [4.78, 5) is 31.1. The van der Waals surface area contributed by atoms with Crippen molar-refractivity contribution in [3.8, 4) is 0 Å². The van der Waals surface area contributed by atoms with E-state index in [1.54, 1.807) is 35.4 Å². The first kappa shape index (κ1) is 24.3. The highest BCUT2D eigenvalue weighted by atomic mass is 16.5. The van der Waals surface area contributed by atoms with Crippen LogP contribution >= 0.6 is 0 Å². The van der Waals surface area contributed by atoms with Crippen molar-refractivity contribution in [2.75, 3.05) is 38.0 Å². The van der Waals surface area contributed by atoms with Gasteiger partial charge >= 0.3 is 0 Å². The monoisotopic (exact) mass is 495 g/mol. The fraction of sp³-hybridized carbons (Fsp3) is 0.520. The number of nitrogens with one attached hydrogen (secondary N) is 3. The van der Waals surface area contributed by atoms with Crippen molar-refractivity contribution in [1.29, 1.82) is 0 Å². The molecule has 11 heteroatoms. The Morgan fingerprint density at radius 2 is 2.06 bits per heavy atom. The molecule has 3 aromatic rings. The van der Waals surface area contributed by atoms with Gasteiger partial charge in [0.05, 0.1) is 12.3 Å². The predicted molar refractivity (Wildman–Crippen MR) is 136 cm³/mol. The molecule has 11 nitrogen and oxygen atoms in total. The number of rotatable bonds is 7. The van der Waals surface area contributed by atoms with Crippen LogP contribution in [-0.4, -0.2) is 64.6 Å². The lowest BCUT2D eigenvalue weighted by Gasteiger charge is -2.28. The molecule has 36 heavy (non-hydrogen) atoms. The van der Waals surface area contributed by atoms with Crippen LogP contribution in [0.1, 0.15) is 54.9 Å². The Morgan fingerprint density at radius 1 is 1.22 bits per heavy atom. The Hall–Kier alpha value is -3.44. The molecule has 2 aliphatic rings. The van der Waals surface area contributed by atoms with Gasteiger partial charge in [-0.15, -0.1) is 0 Å². The number of hydrogen-bond donors (Lipinski definition) is 3. The van der Waals surface area contributed by atoms with Crippen molar-refractivity contribution in [2.24, 2.45) is 0 Å². The molecule has 192 valence electrons. The summed E-state index contributed by atoms with van der Waals surface area (Å²) in [6.07, 6.45) is 8.84. The van der Waals surface area contributed by atoms with Crippen molar-refractivity contribution in [2.45, 2.75) is 56.7 Å². The normalized spacial score (nSPS) is 20.8. The SMILES string of the molecule is CNc1cc(Nc2cccn(C3CCOCC3)c2=O)nc2c(C(=O)N[C@H]3CCC[C@H](OC)C3)cnn12. The zero-order valence-corrected chi connectivity index (χ0v) is 20.7. The van der Waals surface area contributed by atoms with Gasteiger partial charge in [-0.3, -0.25) is 9.59 Å². The number of amides is 1. The van der Waals surface area contributed by atoms with Gasteiger partial charge in [0.2, 0.25) is 0 Å². The van der Waals surface area contributed by atoms with Crippen LogP contribution in [0.3, 0.4) is 0 Å². The van der Waals surface area contributed by atoms with Crippen LogP contribution in [0, 0.1) is 0 Å². The Kier molecular flexibility index (Phi) is 7.19. The van der Waals surface area contributed by atoms with Crippen molar-refractivity contribution < 1.29 is 14.3 Å². The van der Waals surface area contributed by atoms with Gasteiger partial charge in [0.25, 0.3) is 11.5 Å². The maximum Gasteiger partial charge on any atom is 0.274 e. The van der Waals surface area contributed by atoms with Crippen molar-refractivity contribution >= 4 is 28.9 Å². The molecule has 1 saturated heterocycles. The number of nitrogens with zero attached hydrogens (tertiary/aromatic N) is 4. The molecule has 1 aliphatic carbocycles. The Labute approximate surface area is 209 Å². The molecule has 0 spiro atoms. The number of pyridine rings is 1. The van der Waals surface area contributed by atoms with E-state index in [1.165, 1.54) is 6.20 Å². The first-order valence-corrected chi connectivity index (χ1v) is 12.5. The molecule has 3 N–H and O–H groups in total. The topological polar surface area (TPSA) is 124 Å². The molecule has 3 aromatic heterocycles. The number of hydrogen-bond acceptors (Lipinski definition) is 8.